The molecule has 0 saturated carbocycles. The van der Waals surface area contributed by atoms with Crippen molar-refractivity contribution in [2.45, 2.75) is 39.4 Å². The fourth-order valence-electron chi connectivity index (χ4n) is 1.08. The van der Waals surface area contributed by atoms with Crippen LogP contribution in [0.4, 0.5) is 4.79 Å². The molecule has 0 bridgehead atoms. The highest BCUT2D eigenvalue weighted by molar-refractivity contribution is 5.94. The summed E-state index contributed by atoms with van der Waals surface area (Å²) in [7, 11) is 0. The summed E-state index contributed by atoms with van der Waals surface area (Å²) >= 11 is 0. The lowest BCUT2D eigenvalue weighted by Crippen LogP contribution is -2.33. The average Bonchev–Trinajstić information content (AvgIpc) is 2.25. The van der Waals surface area contributed by atoms with Crippen molar-refractivity contribution in [2.24, 2.45) is 0 Å². The highest BCUT2D eigenvalue weighted by atomic mass is 16.6. The number of amides is 1. The Bertz CT molecular complexity index is 314. The lowest BCUT2D eigenvalue weighted by Gasteiger charge is -2.19. The van der Waals surface area contributed by atoms with Crippen LogP contribution in [0, 0.1) is 0 Å². The summed E-state index contributed by atoms with van der Waals surface area (Å²) in [5.74, 6) is -0.534. The molecule has 0 aliphatic carbocycles. The summed E-state index contributed by atoms with van der Waals surface area (Å²) in [6.07, 6.45) is 0.578. The van der Waals surface area contributed by atoms with E-state index in [1.165, 1.54) is 6.08 Å². The van der Waals surface area contributed by atoms with Crippen molar-refractivity contribution in [3.05, 3.63) is 11.8 Å². The first-order valence-corrected chi connectivity index (χ1v) is 4.71. The molecular formula is C10H15NO4. The largest absolute Gasteiger partial charge is 0.454 e. The molecule has 84 valence electrons. The number of rotatable bonds is 1. The van der Waals surface area contributed by atoms with E-state index in [9.17, 15) is 9.59 Å². The monoisotopic (exact) mass is 213 g/mol. The lowest BCUT2D eigenvalue weighted by atomic mass is 10.2. The Kier molecular flexibility index (Phi) is 3.02. The Morgan fingerprint density at radius 1 is 1.53 bits per heavy atom. The van der Waals surface area contributed by atoms with Crippen LogP contribution in [0.25, 0.3) is 0 Å². The summed E-state index contributed by atoms with van der Waals surface area (Å²) < 4.78 is 9.79. The zero-order valence-electron chi connectivity index (χ0n) is 9.29. The van der Waals surface area contributed by atoms with Gasteiger partial charge in [-0.1, -0.05) is 0 Å². The van der Waals surface area contributed by atoms with Gasteiger partial charge in [0.25, 0.3) is 0 Å². The number of alkyl carbamates (subject to hydrolysis) is 1. The summed E-state index contributed by atoms with van der Waals surface area (Å²) in [5.41, 5.74) is -0.449. The van der Waals surface area contributed by atoms with Gasteiger partial charge in [0.05, 0.1) is 0 Å². The van der Waals surface area contributed by atoms with Crippen LogP contribution in [0.1, 0.15) is 27.7 Å². The smallest absolute Gasteiger partial charge is 0.412 e. The molecule has 1 aliphatic heterocycles. The summed E-state index contributed by atoms with van der Waals surface area (Å²) in [5, 5.41) is 2.34. The van der Waals surface area contributed by atoms with Gasteiger partial charge in [-0.25, -0.2) is 9.59 Å². The number of hydrogen-bond donors (Lipinski definition) is 1. The van der Waals surface area contributed by atoms with E-state index in [1.807, 2.05) is 0 Å². The fourth-order valence-corrected chi connectivity index (χ4v) is 1.08. The molecule has 0 aromatic carbocycles. The molecular weight excluding hydrogens is 198 g/mol. The normalized spacial score (nSPS) is 20.7. The zero-order chi connectivity index (χ0) is 11.6. The first-order chi connectivity index (χ1) is 6.78. The first kappa shape index (κ1) is 11.6. The molecule has 5 heteroatoms. The van der Waals surface area contributed by atoms with Crippen molar-refractivity contribution in [1.82, 2.24) is 5.32 Å². The van der Waals surface area contributed by atoms with Gasteiger partial charge in [0.15, 0.2) is 0 Å². The van der Waals surface area contributed by atoms with Crippen LogP contribution < -0.4 is 5.32 Å². The van der Waals surface area contributed by atoms with E-state index in [4.69, 9.17) is 9.47 Å². The number of esters is 1. The molecule has 1 rings (SSSR count). The predicted octanol–water partition coefficient (Wildman–Crippen LogP) is 1.34. The molecule has 1 atom stereocenters. The second-order valence-corrected chi connectivity index (χ2v) is 4.32. The number of hydrogen-bond acceptors (Lipinski definition) is 4. The van der Waals surface area contributed by atoms with Crippen LogP contribution in [0.15, 0.2) is 11.8 Å². The second kappa shape index (κ2) is 3.92. The Balaban J connectivity index is 2.53. The van der Waals surface area contributed by atoms with E-state index in [-0.39, 0.29) is 11.8 Å². The van der Waals surface area contributed by atoms with Gasteiger partial charge in [0, 0.05) is 0 Å². The molecule has 0 fully saturated rings. The third-order valence-electron chi connectivity index (χ3n) is 1.55. The van der Waals surface area contributed by atoms with Crippen LogP contribution >= 0.6 is 0 Å². The van der Waals surface area contributed by atoms with Crippen LogP contribution in [0.2, 0.25) is 0 Å². The number of carbonyl (C=O) groups is 2. The summed E-state index contributed by atoms with van der Waals surface area (Å²) in [4.78, 5) is 22.4. The third kappa shape index (κ3) is 3.61. The number of cyclic esters (lactones) is 1. The molecule has 5 nitrogen and oxygen atoms in total. The third-order valence-corrected chi connectivity index (χ3v) is 1.55. The molecule has 0 aromatic rings. The fraction of sp³-hybridized carbons (Fsp3) is 0.600. The van der Waals surface area contributed by atoms with Gasteiger partial charge in [-0.05, 0) is 33.8 Å². The molecule has 15 heavy (non-hydrogen) atoms. The molecule has 1 N–H and O–H groups in total. The van der Waals surface area contributed by atoms with Crippen molar-refractivity contribution in [1.29, 1.82) is 0 Å². The van der Waals surface area contributed by atoms with Gasteiger partial charge in [0.2, 0.25) is 0 Å². The van der Waals surface area contributed by atoms with Crippen molar-refractivity contribution in [3.8, 4) is 0 Å². The summed E-state index contributed by atoms with van der Waals surface area (Å²) in [6.45, 7) is 6.95. The number of nitrogens with one attached hydrogen (secondary N) is 1. The van der Waals surface area contributed by atoms with Gasteiger partial charge < -0.3 is 9.47 Å². The minimum atomic E-state index is -0.653. The maximum Gasteiger partial charge on any atom is 0.412 e. The van der Waals surface area contributed by atoms with Crippen LogP contribution in [0.3, 0.4) is 0 Å². The Morgan fingerprint density at radius 2 is 2.13 bits per heavy atom. The van der Waals surface area contributed by atoms with Crippen molar-refractivity contribution in [2.75, 3.05) is 0 Å². The standard InChI is InChI=1S/C10H15NO4/c1-6-5-7(8(12)14-6)11-9(13)15-10(2,3)4/h5-6H,1-4H3,(H,11,13)/t6-/m0/s1. The van der Waals surface area contributed by atoms with E-state index in [0.717, 1.165) is 0 Å². The number of carbonyl (C=O) groups excluding carboxylic acids is 2. The Hall–Kier alpha value is -1.52. The highest BCUT2D eigenvalue weighted by Gasteiger charge is 2.25. The van der Waals surface area contributed by atoms with E-state index in [0.29, 0.717) is 0 Å². The maximum atomic E-state index is 11.3. The van der Waals surface area contributed by atoms with Gasteiger partial charge in [-0.3, -0.25) is 5.32 Å². The quantitative estimate of drug-likeness (QED) is 0.667. The molecule has 0 saturated heterocycles. The Morgan fingerprint density at radius 3 is 2.53 bits per heavy atom. The first-order valence-electron chi connectivity index (χ1n) is 4.71. The molecule has 1 aliphatic rings. The highest BCUT2D eigenvalue weighted by Crippen LogP contribution is 2.12. The van der Waals surface area contributed by atoms with Crippen LogP contribution in [-0.4, -0.2) is 23.8 Å². The van der Waals surface area contributed by atoms with Gasteiger partial charge in [-0.15, -0.1) is 0 Å². The Labute approximate surface area is 88.4 Å². The van der Waals surface area contributed by atoms with Crippen LogP contribution in [0.5, 0.6) is 0 Å². The second-order valence-electron chi connectivity index (χ2n) is 4.32. The van der Waals surface area contributed by atoms with E-state index in [2.05, 4.69) is 5.32 Å². The SMILES string of the molecule is C[C@H]1C=C(NC(=O)OC(C)(C)C)C(=O)O1. The zero-order valence-corrected chi connectivity index (χ0v) is 9.29. The van der Waals surface area contributed by atoms with Crippen molar-refractivity contribution in [3.63, 3.8) is 0 Å². The summed E-state index contributed by atoms with van der Waals surface area (Å²) in [6, 6.07) is 0. The topological polar surface area (TPSA) is 64.6 Å². The molecule has 1 heterocycles. The molecule has 0 radical (unpaired) electrons. The lowest BCUT2D eigenvalue weighted by molar-refractivity contribution is -0.139. The van der Waals surface area contributed by atoms with E-state index in [1.54, 1.807) is 27.7 Å². The molecule has 0 unspecified atom stereocenters. The van der Waals surface area contributed by atoms with Gasteiger partial charge in [0.1, 0.15) is 17.4 Å². The number of ether oxygens (including phenoxy) is 2. The molecule has 0 aromatic heterocycles. The minimum Gasteiger partial charge on any atom is -0.454 e. The average molecular weight is 213 g/mol. The molecule has 1 amide bonds. The van der Waals surface area contributed by atoms with Gasteiger partial charge in [-0.2, -0.15) is 0 Å². The van der Waals surface area contributed by atoms with Crippen molar-refractivity contribution < 1.29 is 19.1 Å². The van der Waals surface area contributed by atoms with E-state index < -0.39 is 17.7 Å². The van der Waals surface area contributed by atoms with Crippen molar-refractivity contribution >= 4 is 12.1 Å². The van der Waals surface area contributed by atoms with E-state index >= 15 is 0 Å². The predicted molar refractivity (Wildman–Crippen MR) is 53.0 cm³/mol. The molecule has 0 spiro atoms. The maximum absolute atomic E-state index is 11.3. The van der Waals surface area contributed by atoms with Crippen LogP contribution in [-0.2, 0) is 14.3 Å². The van der Waals surface area contributed by atoms with Gasteiger partial charge >= 0.3 is 12.1 Å². The minimum absolute atomic E-state index is 0.136.